The van der Waals surface area contributed by atoms with Crippen molar-refractivity contribution in [2.75, 3.05) is 0 Å². The summed E-state index contributed by atoms with van der Waals surface area (Å²) < 4.78 is 75.1. The summed E-state index contributed by atoms with van der Waals surface area (Å²) in [6, 6.07) is 0. The van der Waals surface area contributed by atoms with Crippen LogP contribution >= 0.6 is 15.2 Å². The Labute approximate surface area is 255 Å². The van der Waals surface area contributed by atoms with Crippen molar-refractivity contribution in [1.29, 1.82) is 0 Å². The van der Waals surface area contributed by atoms with Gasteiger partial charge >= 0.3 is 96.3 Å². The molecule has 0 aromatic carbocycles. The molecular formula is C11H27Na3O14P2S2. The molecule has 2 atom stereocenters. The van der Waals surface area contributed by atoms with Gasteiger partial charge in [-0.15, -0.1) is 0 Å². The number of rotatable bonds is 6. The first-order valence-electron chi connectivity index (χ1n) is 6.70. The first kappa shape index (κ1) is 55.1. The van der Waals surface area contributed by atoms with Gasteiger partial charge in [-0.25, -0.2) is 8.42 Å². The maximum absolute atomic E-state index is 10.0. The number of hydrogen-bond donors (Lipinski definition) is 5. The van der Waals surface area contributed by atoms with Crippen molar-refractivity contribution >= 4 is 35.4 Å². The fourth-order valence-corrected chi connectivity index (χ4v) is 1.35. The molecule has 0 rings (SSSR count). The Morgan fingerprint density at radius 1 is 0.938 bits per heavy atom. The molecule has 0 aliphatic rings. The predicted molar refractivity (Wildman–Crippen MR) is 101 cm³/mol. The summed E-state index contributed by atoms with van der Waals surface area (Å²) in [5.74, 6) is -1.10. The van der Waals surface area contributed by atoms with Crippen molar-refractivity contribution in [2.45, 2.75) is 45.4 Å². The van der Waals surface area contributed by atoms with E-state index in [2.05, 4.69) is 13.2 Å². The fourth-order valence-electron chi connectivity index (χ4n) is 0.448. The van der Waals surface area contributed by atoms with Gasteiger partial charge in [0.15, 0.2) is 11.3 Å². The smallest absolute Gasteiger partial charge is 0.808 e. The van der Waals surface area contributed by atoms with E-state index in [-0.39, 0.29) is 109 Å². The summed E-state index contributed by atoms with van der Waals surface area (Å²) in [5.41, 5.74) is -1.62. The van der Waals surface area contributed by atoms with Crippen LogP contribution in [0.3, 0.4) is 0 Å². The largest absolute Gasteiger partial charge is 1.00 e. The zero-order valence-electron chi connectivity index (χ0n) is 17.8. The molecular weight excluding hydrogens is 551 g/mol. The van der Waals surface area contributed by atoms with Crippen molar-refractivity contribution < 1.29 is 154 Å². The van der Waals surface area contributed by atoms with Gasteiger partial charge < -0.3 is 38.9 Å². The molecule has 0 aromatic heterocycles. The first-order chi connectivity index (χ1) is 12.1. The fraction of sp³-hybridized carbons (Fsp3) is 0.636. The van der Waals surface area contributed by atoms with Gasteiger partial charge in [-0.05, 0) is 20.4 Å². The average molecular weight is 578 g/mol. The van der Waals surface area contributed by atoms with E-state index in [1.807, 2.05) is 0 Å². The average Bonchev–Trinajstić information content (AvgIpc) is 2.51. The quantitative estimate of drug-likeness (QED) is 0.111. The second-order valence-corrected chi connectivity index (χ2v) is 10.3. The van der Waals surface area contributed by atoms with Crippen LogP contribution < -0.4 is 98.5 Å². The Bertz CT molecular complexity index is 736. The third-order valence-corrected chi connectivity index (χ3v) is 4.89. The third kappa shape index (κ3) is 53.7. The molecule has 0 fully saturated rings. The topological polar surface area (TPSA) is 273 Å². The maximum Gasteiger partial charge on any atom is 1.00 e. The first-order valence-corrected chi connectivity index (χ1v) is 13.0. The van der Waals surface area contributed by atoms with Crippen LogP contribution in [-0.4, -0.2) is 57.2 Å². The van der Waals surface area contributed by atoms with Crippen LogP contribution in [0.25, 0.3) is 0 Å². The molecule has 0 aliphatic heterocycles. The van der Waals surface area contributed by atoms with E-state index in [9.17, 15) is 40.3 Å². The summed E-state index contributed by atoms with van der Waals surface area (Å²) in [4.78, 5) is 35.0. The standard InChI is InChI=1S/C3H9O4P.C3H8O4S.C2H5O3P.C2H4O3S.CH4.3Na/c2*1-2-3(4)8(5,6)7;2*1-2-6(3,4)5;;;;/h3-4H,2H2,1H3,(H2,5,6,7);3-4H,2H2,1H3,(H,5,6,7);2H,1H2,(H2,3,4,5);2H,1H2,(H,3,4,5);1H4;;;/q;;;;;3*+1/p-3. The molecule has 0 heterocycles. The Morgan fingerprint density at radius 3 is 1.19 bits per heavy atom. The SMILES string of the molecule is C.C=CP(=O)([O-])[O-].C=CS(=O)(=O)[O-].CCC(O)P(=O)(O)O.CCC(O)S(=O)(=O)O.[Na+].[Na+].[Na+]. The van der Waals surface area contributed by atoms with Crippen LogP contribution in [0.1, 0.15) is 34.1 Å². The van der Waals surface area contributed by atoms with Crippen molar-refractivity contribution in [1.82, 2.24) is 0 Å². The summed E-state index contributed by atoms with van der Waals surface area (Å²) in [6.45, 7) is 8.44. The second kappa shape index (κ2) is 26.6. The summed E-state index contributed by atoms with van der Waals surface area (Å²) >= 11 is 0. The Kier molecular flexibility index (Phi) is 45.8. The third-order valence-electron chi connectivity index (χ3n) is 1.87. The van der Waals surface area contributed by atoms with Crippen molar-refractivity contribution in [2.24, 2.45) is 0 Å². The van der Waals surface area contributed by atoms with E-state index in [0.29, 0.717) is 11.2 Å². The zero-order valence-corrected chi connectivity index (χ0v) is 27.2. The Hall–Kier alpha value is 2.52. The second-order valence-electron chi connectivity index (χ2n) is 4.24. The van der Waals surface area contributed by atoms with E-state index < -0.39 is 46.7 Å². The number of hydrogen-bond acceptors (Lipinski definition) is 11. The van der Waals surface area contributed by atoms with Gasteiger partial charge in [-0.3, -0.25) is 9.12 Å². The minimum Gasteiger partial charge on any atom is -0.808 e. The molecule has 0 bridgehead atoms. The van der Waals surface area contributed by atoms with Crippen LogP contribution in [-0.2, 0) is 29.4 Å². The molecule has 2 unspecified atom stereocenters. The molecule has 0 saturated heterocycles. The van der Waals surface area contributed by atoms with Crippen molar-refractivity contribution in [3.8, 4) is 0 Å². The molecule has 0 aliphatic carbocycles. The van der Waals surface area contributed by atoms with Crippen molar-refractivity contribution in [3.63, 3.8) is 0 Å². The molecule has 32 heavy (non-hydrogen) atoms. The summed E-state index contributed by atoms with van der Waals surface area (Å²) in [6.07, 6.45) is 0.100. The van der Waals surface area contributed by atoms with Crippen LogP contribution in [0.5, 0.6) is 0 Å². The molecule has 0 aromatic rings. The van der Waals surface area contributed by atoms with E-state index in [4.69, 9.17) is 24.6 Å². The minimum absolute atomic E-state index is 0. The van der Waals surface area contributed by atoms with Crippen LogP contribution in [0.4, 0.5) is 0 Å². The Balaban J connectivity index is -0.0000000387. The summed E-state index contributed by atoms with van der Waals surface area (Å²) in [5, 5.41) is 17.1. The maximum atomic E-state index is 10.0. The summed E-state index contributed by atoms with van der Waals surface area (Å²) in [7, 11) is -16.9. The molecule has 0 saturated carbocycles. The molecule has 180 valence electrons. The van der Waals surface area contributed by atoms with Gasteiger partial charge in [0.05, 0.1) is 0 Å². The van der Waals surface area contributed by atoms with Gasteiger partial charge in [0.1, 0.15) is 10.1 Å². The van der Waals surface area contributed by atoms with Crippen LogP contribution in [0, 0.1) is 0 Å². The number of aliphatic hydroxyl groups excluding tert-OH is 2. The molecule has 0 spiro atoms. The van der Waals surface area contributed by atoms with E-state index in [0.717, 1.165) is 0 Å². The van der Waals surface area contributed by atoms with Gasteiger partial charge in [0, 0.05) is 5.41 Å². The predicted octanol–water partition coefficient (Wildman–Crippen LogP) is -10.1. The monoisotopic (exact) mass is 578 g/mol. The van der Waals surface area contributed by atoms with E-state index in [1.165, 1.54) is 13.8 Å². The molecule has 0 amide bonds. The number of aliphatic hydroxyl groups is 2. The zero-order chi connectivity index (χ0) is 24.0. The molecule has 21 heteroatoms. The molecule has 14 nitrogen and oxygen atoms in total. The van der Waals surface area contributed by atoms with Crippen LogP contribution in [0.2, 0.25) is 0 Å². The van der Waals surface area contributed by atoms with E-state index >= 15 is 0 Å². The molecule has 5 N–H and O–H groups in total. The molecule has 0 radical (unpaired) electrons. The van der Waals surface area contributed by atoms with Gasteiger partial charge in [-0.2, -0.15) is 8.42 Å². The van der Waals surface area contributed by atoms with Gasteiger partial charge in [0.2, 0.25) is 0 Å². The van der Waals surface area contributed by atoms with Gasteiger partial charge in [-0.1, -0.05) is 40.2 Å². The van der Waals surface area contributed by atoms with Gasteiger partial charge in [0.25, 0.3) is 10.1 Å². The Morgan fingerprint density at radius 2 is 1.19 bits per heavy atom. The van der Waals surface area contributed by atoms with E-state index in [1.54, 1.807) is 0 Å². The van der Waals surface area contributed by atoms with Crippen LogP contribution in [0.15, 0.2) is 24.4 Å². The van der Waals surface area contributed by atoms with Crippen molar-refractivity contribution in [3.05, 3.63) is 24.4 Å². The normalized spacial score (nSPS) is 12.1. The minimum atomic E-state index is -4.38.